The minimum Gasteiger partial charge on any atom is -0.550 e. The van der Waals surface area contributed by atoms with E-state index in [0.29, 0.717) is 0 Å². The van der Waals surface area contributed by atoms with Crippen LogP contribution in [0.2, 0.25) is 0 Å². The molecule has 0 aliphatic heterocycles. The molecule has 0 saturated heterocycles. The van der Waals surface area contributed by atoms with Gasteiger partial charge in [-0.25, -0.2) is 0 Å². The minimum absolute atomic E-state index is 0. The second kappa shape index (κ2) is 155. The van der Waals surface area contributed by atoms with Crippen molar-refractivity contribution in [1.29, 1.82) is 31.6 Å². The standard InChI is InChI=1S/6C2H3N.2C2H4O2.2Rh/c6*1-2-3;2*1-2(3)4;;/h6*1H3;2*1H3,(H,3,4);;/q;;;;;;;;2*+2/p-2. The predicted octanol–water partition coefficient (Wildman–Crippen LogP) is 0.687. The van der Waals surface area contributed by atoms with Crippen LogP contribution in [0.4, 0.5) is 0 Å². The van der Waals surface area contributed by atoms with E-state index in [0.717, 1.165) is 13.8 Å². The van der Waals surface area contributed by atoms with Gasteiger partial charge in [0.15, 0.2) is 0 Å². The Morgan fingerprint density at radius 3 is 0.500 bits per heavy atom. The normalized spacial score (nSPS) is 3.50. The van der Waals surface area contributed by atoms with Gasteiger partial charge in [0.05, 0.1) is 36.4 Å². The zero-order valence-electron chi connectivity index (χ0n) is 17.0. The maximum absolute atomic E-state index is 8.89. The summed E-state index contributed by atoms with van der Waals surface area (Å²) in [5, 5.41) is 61.7. The Kier molecular flexibility index (Phi) is 354. The van der Waals surface area contributed by atoms with Crippen molar-refractivity contribution < 1.29 is 58.8 Å². The molecule has 0 aromatic heterocycles. The Morgan fingerprint density at radius 2 is 0.500 bits per heavy atom. The zero-order valence-corrected chi connectivity index (χ0v) is 20.3. The van der Waals surface area contributed by atoms with E-state index in [4.69, 9.17) is 51.4 Å². The molecule has 10 nitrogen and oxygen atoms in total. The van der Waals surface area contributed by atoms with Crippen LogP contribution in [0.3, 0.4) is 0 Å². The number of hydrogen-bond acceptors (Lipinski definition) is 10. The summed E-state index contributed by atoms with van der Waals surface area (Å²) in [6, 6.07) is 10.5. The second-order valence-electron chi connectivity index (χ2n) is 2.32. The number of carboxylic acids is 2. The van der Waals surface area contributed by atoms with Gasteiger partial charge in [-0.3, -0.25) is 0 Å². The van der Waals surface area contributed by atoms with Crippen LogP contribution in [0.25, 0.3) is 0 Å². The van der Waals surface area contributed by atoms with Crippen molar-refractivity contribution >= 4 is 11.9 Å². The SMILES string of the molecule is CC#N.CC#N.CC#N.CC#N.CC#N.CC#N.CC(=O)[O-].CC(=O)[O-].[Rh+2].[Rh+2]. The quantitative estimate of drug-likeness (QED) is 0.370. The summed E-state index contributed by atoms with van der Waals surface area (Å²) in [4.78, 5) is 17.8. The summed E-state index contributed by atoms with van der Waals surface area (Å²) >= 11 is 0. The third-order valence-corrected chi connectivity index (χ3v) is 0. The van der Waals surface area contributed by atoms with Crippen molar-refractivity contribution in [3.05, 3.63) is 0 Å². The van der Waals surface area contributed by atoms with Crippen LogP contribution in [0.5, 0.6) is 0 Å². The number of hydrogen-bond donors (Lipinski definition) is 0. The number of carbonyl (C=O) groups is 2. The Balaban J connectivity index is -0.0000000164. The molecule has 0 N–H and O–H groups in total. The van der Waals surface area contributed by atoms with Gasteiger partial charge >= 0.3 is 39.0 Å². The second-order valence-corrected chi connectivity index (χ2v) is 2.32. The molecule has 158 valence electrons. The Labute approximate surface area is 193 Å². The van der Waals surface area contributed by atoms with Crippen LogP contribution in [0.15, 0.2) is 0 Å². The molecular formula is C16H24N6O4Rh2+2. The largest absolute Gasteiger partial charge is 2.00 e. The third kappa shape index (κ3) is 1370. The van der Waals surface area contributed by atoms with Crippen molar-refractivity contribution in [2.45, 2.75) is 55.4 Å². The van der Waals surface area contributed by atoms with Gasteiger partial charge in [-0.15, -0.1) is 0 Å². The van der Waals surface area contributed by atoms with Crippen molar-refractivity contribution in [3.8, 4) is 36.4 Å². The van der Waals surface area contributed by atoms with Crippen molar-refractivity contribution in [1.82, 2.24) is 0 Å². The van der Waals surface area contributed by atoms with Gasteiger partial charge in [0, 0.05) is 53.5 Å². The van der Waals surface area contributed by atoms with Crippen LogP contribution >= 0.6 is 0 Å². The Bertz CT molecular complexity index is 403. The summed E-state index contributed by atoms with van der Waals surface area (Å²) in [7, 11) is 0. The van der Waals surface area contributed by atoms with Crippen molar-refractivity contribution in [2.75, 3.05) is 0 Å². The Morgan fingerprint density at radius 1 is 0.500 bits per heavy atom. The number of nitriles is 6. The van der Waals surface area contributed by atoms with Crippen LogP contribution < -0.4 is 10.2 Å². The fraction of sp³-hybridized carbons (Fsp3) is 0.500. The molecule has 0 fully saturated rings. The first-order valence-electron chi connectivity index (χ1n) is 6.16. The number of carboxylic acid groups (broad SMARTS) is 2. The average molecular weight is 570 g/mol. The molecule has 0 bridgehead atoms. The number of carbonyl (C=O) groups excluding carboxylic acids is 2. The van der Waals surface area contributed by atoms with E-state index in [-0.39, 0.29) is 39.0 Å². The van der Waals surface area contributed by atoms with Gasteiger partial charge in [0.25, 0.3) is 0 Å². The van der Waals surface area contributed by atoms with E-state index in [1.165, 1.54) is 41.5 Å². The molecule has 0 rings (SSSR count). The summed E-state index contributed by atoms with van der Waals surface area (Å²) in [6.07, 6.45) is 0. The van der Waals surface area contributed by atoms with Crippen molar-refractivity contribution in [3.63, 3.8) is 0 Å². The van der Waals surface area contributed by atoms with Gasteiger partial charge in [0.2, 0.25) is 0 Å². The predicted molar refractivity (Wildman–Crippen MR) is 89.1 cm³/mol. The van der Waals surface area contributed by atoms with Gasteiger partial charge in [-0.2, -0.15) is 31.6 Å². The number of aliphatic carboxylic acids is 2. The maximum atomic E-state index is 8.89. The summed E-state index contributed by atoms with van der Waals surface area (Å²) in [5.41, 5.74) is 0. The topological polar surface area (TPSA) is 223 Å². The first-order valence-corrected chi connectivity index (χ1v) is 6.16. The monoisotopic (exact) mass is 570 g/mol. The molecule has 0 aromatic carbocycles. The van der Waals surface area contributed by atoms with E-state index < -0.39 is 11.9 Å². The minimum atomic E-state index is -1.08. The fourth-order valence-electron chi connectivity index (χ4n) is 0. The summed E-state index contributed by atoms with van der Waals surface area (Å²) < 4.78 is 0. The van der Waals surface area contributed by atoms with Gasteiger partial charge in [-0.1, -0.05) is 0 Å². The van der Waals surface area contributed by atoms with Gasteiger partial charge in [-0.05, 0) is 13.8 Å². The molecule has 0 unspecified atom stereocenters. The molecule has 28 heavy (non-hydrogen) atoms. The maximum Gasteiger partial charge on any atom is 2.00 e. The van der Waals surface area contributed by atoms with E-state index in [9.17, 15) is 0 Å². The van der Waals surface area contributed by atoms with Crippen molar-refractivity contribution in [2.24, 2.45) is 0 Å². The van der Waals surface area contributed by atoms with E-state index in [2.05, 4.69) is 0 Å². The third-order valence-electron chi connectivity index (χ3n) is 0. The molecular weight excluding hydrogens is 546 g/mol. The average Bonchev–Trinajstić information content (AvgIpc) is 2.41. The number of nitrogens with zero attached hydrogens (tertiary/aromatic N) is 6. The molecule has 0 heterocycles. The van der Waals surface area contributed by atoms with Crippen LogP contribution in [-0.2, 0) is 48.5 Å². The summed E-state index contributed by atoms with van der Waals surface area (Å²) in [6.45, 7) is 10.5. The molecule has 0 atom stereocenters. The molecule has 12 heteroatoms. The van der Waals surface area contributed by atoms with E-state index >= 15 is 0 Å². The number of rotatable bonds is 0. The van der Waals surface area contributed by atoms with Gasteiger partial charge < -0.3 is 19.8 Å². The fourth-order valence-corrected chi connectivity index (χ4v) is 0. The molecule has 0 spiro atoms. The Hall–Kier alpha value is -2.87. The molecule has 0 aliphatic carbocycles. The van der Waals surface area contributed by atoms with Crippen LogP contribution in [0, 0.1) is 68.0 Å². The first kappa shape index (κ1) is 63.9. The van der Waals surface area contributed by atoms with E-state index in [1.807, 2.05) is 0 Å². The van der Waals surface area contributed by atoms with E-state index in [1.54, 1.807) is 36.4 Å². The van der Waals surface area contributed by atoms with Crippen LogP contribution in [-0.4, -0.2) is 11.9 Å². The molecule has 0 saturated carbocycles. The van der Waals surface area contributed by atoms with Crippen LogP contribution in [0.1, 0.15) is 55.4 Å². The molecule has 2 radical (unpaired) electrons. The van der Waals surface area contributed by atoms with Gasteiger partial charge in [0.1, 0.15) is 0 Å². The molecule has 0 aromatic rings. The smallest absolute Gasteiger partial charge is 0.550 e. The summed E-state index contributed by atoms with van der Waals surface area (Å²) in [5.74, 6) is -2.17. The first-order chi connectivity index (χ1) is 11.9. The zero-order chi connectivity index (χ0) is 23.4. The molecule has 0 aliphatic rings. The molecule has 0 amide bonds.